The molecule has 0 amide bonds. The molecule has 2 N–H and O–H groups in total. The minimum Gasteiger partial charge on any atom is -0.355 e. The van der Waals surface area contributed by atoms with Gasteiger partial charge in [0, 0.05) is 24.9 Å². The minimum atomic E-state index is 0.460. The van der Waals surface area contributed by atoms with Crippen molar-refractivity contribution in [3.8, 4) is 0 Å². The quantitative estimate of drug-likeness (QED) is 0.886. The third-order valence-corrected chi connectivity index (χ3v) is 4.37. The van der Waals surface area contributed by atoms with Crippen molar-refractivity contribution in [3.63, 3.8) is 0 Å². The molecule has 1 fully saturated rings. The molecule has 1 atom stereocenters. The molecule has 0 aliphatic carbocycles. The van der Waals surface area contributed by atoms with E-state index in [4.69, 9.17) is 5.73 Å². The summed E-state index contributed by atoms with van der Waals surface area (Å²) < 4.78 is 0. The van der Waals surface area contributed by atoms with Gasteiger partial charge in [0.15, 0.2) is 0 Å². The summed E-state index contributed by atoms with van der Waals surface area (Å²) in [5, 5.41) is 0.802. The number of hydrogen-bond donors (Lipinski definition) is 1. The molecule has 5 heteroatoms. The fourth-order valence-electron chi connectivity index (χ4n) is 2.15. The van der Waals surface area contributed by atoms with Gasteiger partial charge in [-0.25, -0.2) is 4.98 Å². The molecule has 1 unspecified atom stereocenters. The van der Waals surface area contributed by atoms with Crippen molar-refractivity contribution in [3.05, 3.63) is 18.1 Å². The van der Waals surface area contributed by atoms with Crippen molar-refractivity contribution in [1.29, 1.82) is 0 Å². The highest BCUT2D eigenvalue weighted by atomic mass is 32.2. The summed E-state index contributed by atoms with van der Waals surface area (Å²) in [6, 6.07) is 0. The Labute approximate surface area is 107 Å². The van der Waals surface area contributed by atoms with E-state index < -0.39 is 0 Å². The molecule has 0 radical (unpaired) electrons. The lowest BCUT2D eigenvalue weighted by molar-refractivity contribution is 0.745. The molecule has 1 aliphatic heterocycles. The van der Waals surface area contributed by atoms with Crippen LogP contribution in [0.15, 0.2) is 12.4 Å². The summed E-state index contributed by atoms with van der Waals surface area (Å²) in [7, 11) is 0. The van der Waals surface area contributed by atoms with Gasteiger partial charge < -0.3 is 10.6 Å². The van der Waals surface area contributed by atoms with E-state index in [1.807, 2.05) is 18.0 Å². The SMILES string of the molecule is CSC1CCCN(c2cnc(CN)cn2)CC1. The monoisotopic (exact) mass is 252 g/mol. The van der Waals surface area contributed by atoms with E-state index in [0.717, 1.165) is 29.9 Å². The lowest BCUT2D eigenvalue weighted by Gasteiger charge is -2.21. The second-order valence-corrected chi connectivity index (χ2v) is 5.48. The van der Waals surface area contributed by atoms with Crippen molar-refractivity contribution in [2.75, 3.05) is 24.2 Å². The Hall–Kier alpha value is -0.810. The number of rotatable bonds is 3. The Balaban J connectivity index is 2.01. The Morgan fingerprint density at radius 3 is 2.88 bits per heavy atom. The van der Waals surface area contributed by atoms with Crippen molar-refractivity contribution < 1.29 is 0 Å². The van der Waals surface area contributed by atoms with E-state index in [9.17, 15) is 0 Å². The van der Waals surface area contributed by atoms with Crippen LogP contribution < -0.4 is 10.6 Å². The Morgan fingerprint density at radius 1 is 1.35 bits per heavy atom. The molecule has 1 aromatic heterocycles. The zero-order valence-electron chi connectivity index (χ0n) is 10.3. The first-order valence-corrected chi connectivity index (χ1v) is 7.41. The standard InChI is InChI=1S/C12H20N4S/c1-17-11-3-2-5-16(6-4-11)12-9-14-10(7-13)8-15-12/h8-9,11H,2-7,13H2,1H3. The molecular formula is C12H20N4S. The first-order valence-electron chi connectivity index (χ1n) is 6.12. The molecule has 94 valence electrons. The van der Waals surface area contributed by atoms with Crippen LogP contribution in [0.5, 0.6) is 0 Å². The van der Waals surface area contributed by atoms with Gasteiger partial charge in [0.1, 0.15) is 5.82 Å². The molecule has 17 heavy (non-hydrogen) atoms. The molecule has 0 bridgehead atoms. The molecule has 1 aromatic rings. The summed E-state index contributed by atoms with van der Waals surface area (Å²) in [5.41, 5.74) is 6.37. The largest absolute Gasteiger partial charge is 0.355 e. The van der Waals surface area contributed by atoms with Gasteiger partial charge in [0.05, 0.1) is 18.1 Å². The van der Waals surface area contributed by atoms with Crippen LogP contribution in [-0.2, 0) is 6.54 Å². The fraction of sp³-hybridized carbons (Fsp3) is 0.667. The predicted octanol–water partition coefficient (Wildman–Crippen LogP) is 1.66. The average Bonchev–Trinajstić information content (AvgIpc) is 2.64. The predicted molar refractivity (Wildman–Crippen MR) is 73.3 cm³/mol. The van der Waals surface area contributed by atoms with Gasteiger partial charge in [-0.2, -0.15) is 11.8 Å². The van der Waals surface area contributed by atoms with Crippen LogP contribution in [0.2, 0.25) is 0 Å². The molecule has 1 saturated heterocycles. The van der Waals surface area contributed by atoms with Crippen molar-refractivity contribution >= 4 is 17.6 Å². The lowest BCUT2D eigenvalue weighted by atomic mass is 10.2. The highest BCUT2D eigenvalue weighted by Gasteiger charge is 2.17. The maximum atomic E-state index is 5.52. The van der Waals surface area contributed by atoms with E-state index in [-0.39, 0.29) is 0 Å². The molecule has 0 saturated carbocycles. The average molecular weight is 252 g/mol. The van der Waals surface area contributed by atoms with Crippen LogP contribution in [-0.4, -0.2) is 34.6 Å². The second kappa shape index (κ2) is 6.21. The number of hydrogen-bond acceptors (Lipinski definition) is 5. The number of thioether (sulfide) groups is 1. The van der Waals surface area contributed by atoms with Crippen LogP contribution in [0, 0.1) is 0 Å². The van der Waals surface area contributed by atoms with E-state index in [1.165, 1.54) is 19.3 Å². The third kappa shape index (κ3) is 3.33. The molecule has 1 aliphatic rings. The number of nitrogens with zero attached hydrogens (tertiary/aromatic N) is 3. The first kappa shape index (κ1) is 12.6. The van der Waals surface area contributed by atoms with Crippen LogP contribution in [0.1, 0.15) is 25.0 Å². The summed E-state index contributed by atoms with van der Waals surface area (Å²) >= 11 is 1.98. The first-order chi connectivity index (χ1) is 8.33. The van der Waals surface area contributed by atoms with Gasteiger partial charge in [-0.3, -0.25) is 4.98 Å². The van der Waals surface area contributed by atoms with Gasteiger partial charge in [0.2, 0.25) is 0 Å². The van der Waals surface area contributed by atoms with Gasteiger partial charge in [-0.15, -0.1) is 0 Å². The zero-order chi connectivity index (χ0) is 12.1. The highest BCUT2D eigenvalue weighted by Crippen LogP contribution is 2.23. The molecule has 0 spiro atoms. The van der Waals surface area contributed by atoms with Crippen LogP contribution in [0.3, 0.4) is 0 Å². The maximum absolute atomic E-state index is 5.52. The smallest absolute Gasteiger partial charge is 0.147 e. The number of anilines is 1. The Bertz CT molecular complexity index is 341. The van der Waals surface area contributed by atoms with Crippen molar-refractivity contribution in [2.45, 2.75) is 31.1 Å². The normalized spacial score (nSPS) is 21.3. The van der Waals surface area contributed by atoms with Crippen molar-refractivity contribution in [2.24, 2.45) is 5.73 Å². The van der Waals surface area contributed by atoms with Crippen LogP contribution in [0.4, 0.5) is 5.82 Å². The molecular weight excluding hydrogens is 232 g/mol. The highest BCUT2D eigenvalue weighted by molar-refractivity contribution is 7.99. The Morgan fingerprint density at radius 2 is 2.24 bits per heavy atom. The van der Waals surface area contributed by atoms with E-state index in [2.05, 4.69) is 21.1 Å². The number of aromatic nitrogens is 2. The molecule has 2 rings (SSSR count). The summed E-state index contributed by atoms with van der Waals surface area (Å²) in [6.07, 6.45) is 9.63. The van der Waals surface area contributed by atoms with E-state index in [1.54, 1.807) is 6.20 Å². The second-order valence-electron chi connectivity index (χ2n) is 4.35. The fourth-order valence-corrected chi connectivity index (χ4v) is 2.89. The lowest BCUT2D eigenvalue weighted by Crippen LogP contribution is -2.25. The van der Waals surface area contributed by atoms with Crippen LogP contribution >= 0.6 is 11.8 Å². The summed E-state index contributed by atoms with van der Waals surface area (Å²) in [5.74, 6) is 0.990. The molecule has 4 nitrogen and oxygen atoms in total. The van der Waals surface area contributed by atoms with E-state index in [0.29, 0.717) is 6.54 Å². The van der Waals surface area contributed by atoms with E-state index >= 15 is 0 Å². The maximum Gasteiger partial charge on any atom is 0.147 e. The van der Waals surface area contributed by atoms with Crippen molar-refractivity contribution in [1.82, 2.24) is 9.97 Å². The molecule has 0 aromatic carbocycles. The van der Waals surface area contributed by atoms with Gasteiger partial charge >= 0.3 is 0 Å². The zero-order valence-corrected chi connectivity index (χ0v) is 11.1. The third-order valence-electron chi connectivity index (χ3n) is 3.23. The topological polar surface area (TPSA) is 55.0 Å². The minimum absolute atomic E-state index is 0.460. The molecule has 2 heterocycles. The Kier molecular flexibility index (Phi) is 4.62. The summed E-state index contributed by atoms with van der Waals surface area (Å²) in [4.78, 5) is 11.1. The van der Waals surface area contributed by atoms with Gasteiger partial charge in [0.25, 0.3) is 0 Å². The van der Waals surface area contributed by atoms with Gasteiger partial charge in [-0.05, 0) is 25.5 Å². The summed E-state index contributed by atoms with van der Waals surface area (Å²) in [6.45, 7) is 2.64. The van der Waals surface area contributed by atoms with Crippen LogP contribution in [0.25, 0.3) is 0 Å². The number of nitrogens with two attached hydrogens (primary N) is 1. The van der Waals surface area contributed by atoms with Gasteiger partial charge in [-0.1, -0.05) is 0 Å².